The minimum atomic E-state index is -4.94. The third kappa shape index (κ3) is 6.44. The van der Waals surface area contributed by atoms with Gasteiger partial charge in [-0.1, -0.05) is 72.8 Å². The van der Waals surface area contributed by atoms with Crippen molar-refractivity contribution in [2.24, 2.45) is 7.05 Å². The highest BCUT2D eigenvalue weighted by Gasteiger charge is 2.38. The van der Waals surface area contributed by atoms with Crippen molar-refractivity contribution in [3.05, 3.63) is 124 Å². The summed E-state index contributed by atoms with van der Waals surface area (Å²) in [6.45, 7) is 1.83. The zero-order valence-electron chi connectivity index (χ0n) is 22.8. The molecule has 0 bridgehead atoms. The summed E-state index contributed by atoms with van der Waals surface area (Å²) < 4.78 is 41.0. The molecule has 0 radical (unpaired) electrons. The second-order valence-electron chi connectivity index (χ2n) is 9.18. The minimum absolute atomic E-state index is 0.118. The molecule has 0 fully saturated rings. The normalized spacial score (nSPS) is 11.0. The van der Waals surface area contributed by atoms with E-state index in [1.54, 1.807) is 49.1 Å². The van der Waals surface area contributed by atoms with Gasteiger partial charge in [0.2, 0.25) is 5.78 Å². The number of halogens is 1. The van der Waals surface area contributed by atoms with Crippen molar-refractivity contribution in [3.8, 4) is 28.1 Å². The van der Waals surface area contributed by atoms with Crippen LogP contribution in [0, 0.1) is 27.3 Å². The first kappa shape index (κ1) is 30.3. The van der Waals surface area contributed by atoms with Gasteiger partial charge in [-0.2, -0.15) is 4.57 Å². The molecule has 0 N–H and O–H groups in total. The van der Waals surface area contributed by atoms with E-state index in [0.29, 0.717) is 45.0 Å². The molecule has 0 unspecified atom stereocenters. The standard InChI is InChI=1S/C31H25N2O4.ClHO4/c1-20-27(31(34)26-15-9-13-21-10-7-8-14-25(21)26)28(22-16-18-24(37-3)19-17-22)30(33(35)36)29(32(20)2)23-11-5-4-6-12-23;2-1(3,4)5/h4-19H,1-3H3;(H,2,3,4,5)/q+1;/p-1. The van der Waals surface area contributed by atoms with Crippen LogP contribution in [0.4, 0.5) is 5.69 Å². The fraction of sp³-hybridized carbons (Fsp3) is 0.0968. The summed E-state index contributed by atoms with van der Waals surface area (Å²) >= 11 is 0. The van der Waals surface area contributed by atoms with E-state index in [-0.39, 0.29) is 16.4 Å². The van der Waals surface area contributed by atoms with Crippen LogP contribution in [0.5, 0.6) is 5.75 Å². The Bertz CT molecular complexity index is 1760. The maximum Gasteiger partial charge on any atom is 0.349 e. The lowest BCUT2D eigenvalue weighted by Crippen LogP contribution is -2.68. The first-order valence-electron chi connectivity index (χ1n) is 12.5. The molecule has 0 saturated carbocycles. The summed E-state index contributed by atoms with van der Waals surface area (Å²) in [5, 5.41) is 14.5. The van der Waals surface area contributed by atoms with Gasteiger partial charge in [0.25, 0.3) is 5.69 Å². The lowest BCUT2D eigenvalue weighted by atomic mass is 9.88. The van der Waals surface area contributed by atoms with Crippen LogP contribution >= 0.6 is 0 Å². The SMILES string of the molecule is COc1ccc(-c2c(C(=O)c3cccc4ccccc34)c(C)[n+](C)c(-c3ccccc3)c2[N+](=O)[O-])cc1.[O-][Cl+3]([O-])([O-])[O-]. The number of nitro groups is 1. The second-order valence-corrected chi connectivity index (χ2v) is 9.93. The number of pyridine rings is 1. The molecule has 0 spiro atoms. The number of hydrogen-bond donors (Lipinski definition) is 0. The summed E-state index contributed by atoms with van der Waals surface area (Å²) in [4.78, 5) is 26.7. The van der Waals surface area contributed by atoms with Crippen molar-refractivity contribution in [3.63, 3.8) is 0 Å². The van der Waals surface area contributed by atoms with Crippen molar-refractivity contribution < 1.29 is 47.9 Å². The zero-order valence-corrected chi connectivity index (χ0v) is 23.5. The largest absolute Gasteiger partial charge is 0.497 e. The topological polar surface area (TPSA) is 166 Å². The average molecular weight is 589 g/mol. The van der Waals surface area contributed by atoms with Gasteiger partial charge in [0.05, 0.1) is 23.2 Å². The number of aromatic nitrogens is 1. The first-order valence-corrected chi connectivity index (χ1v) is 13.7. The third-order valence-electron chi connectivity index (χ3n) is 6.78. The first-order chi connectivity index (χ1) is 19.9. The molecule has 1 heterocycles. The lowest BCUT2D eigenvalue weighted by Gasteiger charge is -2.17. The average Bonchev–Trinajstić information content (AvgIpc) is 2.97. The zero-order chi connectivity index (χ0) is 30.6. The van der Waals surface area contributed by atoms with E-state index >= 15 is 0 Å². The van der Waals surface area contributed by atoms with Crippen LogP contribution in [0.3, 0.4) is 0 Å². The number of hydrogen-bond acceptors (Lipinski definition) is 8. The van der Waals surface area contributed by atoms with Crippen LogP contribution in [-0.4, -0.2) is 17.8 Å². The van der Waals surface area contributed by atoms with E-state index in [1.165, 1.54) is 0 Å². The molecular formula is C31H25ClN2O8. The Balaban J connectivity index is 0.000000748. The molecule has 0 saturated heterocycles. The maximum absolute atomic E-state index is 14.3. The highest BCUT2D eigenvalue weighted by atomic mass is 35.7. The molecule has 42 heavy (non-hydrogen) atoms. The lowest BCUT2D eigenvalue weighted by molar-refractivity contribution is -2.00. The Morgan fingerprint density at radius 2 is 1.38 bits per heavy atom. The van der Waals surface area contributed by atoms with Gasteiger partial charge < -0.3 is 4.74 Å². The number of methoxy groups -OCH3 is 1. The molecule has 0 amide bonds. The monoisotopic (exact) mass is 588 g/mol. The van der Waals surface area contributed by atoms with E-state index < -0.39 is 10.2 Å². The van der Waals surface area contributed by atoms with Gasteiger partial charge in [-0.25, -0.2) is 18.6 Å². The highest BCUT2D eigenvalue weighted by Crippen LogP contribution is 2.41. The molecule has 5 rings (SSSR count). The molecule has 10 nitrogen and oxygen atoms in total. The Morgan fingerprint density at radius 3 is 1.98 bits per heavy atom. The van der Waals surface area contributed by atoms with Crippen molar-refractivity contribution in [1.82, 2.24) is 0 Å². The van der Waals surface area contributed by atoms with E-state index in [0.717, 1.165) is 10.8 Å². The fourth-order valence-corrected chi connectivity index (χ4v) is 4.89. The minimum Gasteiger partial charge on any atom is -0.497 e. The van der Waals surface area contributed by atoms with Crippen LogP contribution in [0.1, 0.15) is 21.6 Å². The predicted molar refractivity (Wildman–Crippen MR) is 144 cm³/mol. The second kappa shape index (κ2) is 12.4. The van der Waals surface area contributed by atoms with E-state index in [9.17, 15) is 14.9 Å². The quantitative estimate of drug-likeness (QED) is 0.125. The van der Waals surface area contributed by atoms with Gasteiger partial charge in [-0.3, -0.25) is 14.9 Å². The molecule has 5 aromatic rings. The number of fused-ring (bicyclic) bond motifs is 1. The molecule has 11 heteroatoms. The van der Waals surface area contributed by atoms with Gasteiger partial charge in [0.15, 0.2) is 5.69 Å². The molecule has 0 aliphatic rings. The summed E-state index contributed by atoms with van der Waals surface area (Å²) in [6.07, 6.45) is 0. The van der Waals surface area contributed by atoms with Crippen LogP contribution < -0.4 is 27.9 Å². The Labute approximate surface area is 243 Å². The molecule has 214 valence electrons. The van der Waals surface area contributed by atoms with Crippen LogP contribution in [0.2, 0.25) is 0 Å². The van der Waals surface area contributed by atoms with E-state index in [2.05, 4.69) is 0 Å². The molecule has 0 atom stereocenters. The van der Waals surface area contributed by atoms with Gasteiger partial charge >= 0.3 is 5.69 Å². The number of carbonyl (C=O) groups excluding carboxylic acids is 1. The number of rotatable bonds is 6. The van der Waals surface area contributed by atoms with Crippen molar-refractivity contribution in [2.75, 3.05) is 7.11 Å². The van der Waals surface area contributed by atoms with Crippen LogP contribution in [0.25, 0.3) is 33.2 Å². The molecule has 1 aromatic heterocycles. The summed E-state index contributed by atoms with van der Waals surface area (Å²) in [7, 11) is -1.62. The Morgan fingerprint density at radius 1 is 0.810 bits per heavy atom. The third-order valence-corrected chi connectivity index (χ3v) is 6.78. The molecular weight excluding hydrogens is 564 g/mol. The van der Waals surface area contributed by atoms with Crippen LogP contribution in [-0.2, 0) is 7.05 Å². The van der Waals surface area contributed by atoms with Crippen molar-refractivity contribution >= 4 is 22.2 Å². The Kier molecular flexibility index (Phi) is 8.96. The number of carbonyl (C=O) groups is 1. The predicted octanol–water partition coefficient (Wildman–Crippen LogP) is 1.70. The van der Waals surface area contributed by atoms with Crippen molar-refractivity contribution in [2.45, 2.75) is 6.92 Å². The van der Waals surface area contributed by atoms with E-state index in [4.69, 9.17) is 23.4 Å². The maximum atomic E-state index is 14.3. The van der Waals surface area contributed by atoms with Gasteiger partial charge in [-0.05, 0) is 40.6 Å². The van der Waals surface area contributed by atoms with Crippen molar-refractivity contribution in [1.29, 1.82) is 0 Å². The number of ether oxygens (including phenoxy) is 1. The fourth-order valence-electron chi connectivity index (χ4n) is 4.89. The van der Waals surface area contributed by atoms with Gasteiger partial charge in [0.1, 0.15) is 18.4 Å². The highest BCUT2D eigenvalue weighted by molar-refractivity contribution is 6.20. The molecule has 0 aliphatic carbocycles. The summed E-state index contributed by atoms with van der Waals surface area (Å²) in [5.74, 6) is 0.355. The number of ketones is 1. The smallest absolute Gasteiger partial charge is 0.349 e. The molecule has 4 aromatic carbocycles. The summed E-state index contributed by atoms with van der Waals surface area (Å²) in [5.41, 5.74) is 3.30. The summed E-state index contributed by atoms with van der Waals surface area (Å²) in [6, 6.07) is 29.5. The Hall–Kier alpha value is -4.71. The van der Waals surface area contributed by atoms with Gasteiger partial charge in [0, 0.05) is 12.5 Å². The van der Waals surface area contributed by atoms with Gasteiger partial charge in [-0.15, -0.1) is 10.2 Å². The molecule has 0 aliphatic heterocycles. The number of benzene rings is 4. The number of nitrogens with zero attached hydrogens (tertiary/aromatic N) is 2. The van der Waals surface area contributed by atoms with Crippen LogP contribution in [0.15, 0.2) is 97.1 Å². The van der Waals surface area contributed by atoms with E-state index in [1.807, 2.05) is 73.7 Å².